The van der Waals surface area contributed by atoms with Crippen molar-refractivity contribution in [2.45, 2.75) is 24.8 Å². The molecule has 0 radical (unpaired) electrons. The first kappa shape index (κ1) is 16.5. The molecule has 0 unspecified atom stereocenters. The molecule has 0 aliphatic heterocycles. The summed E-state index contributed by atoms with van der Waals surface area (Å²) in [5.74, 6) is 1.22. The number of rotatable bonds is 6. The van der Waals surface area contributed by atoms with Gasteiger partial charge in [-0.3, -0.25) is 0 Å². The molecule has 5 nitrogen and oxygen atoms in total. The Bertz CT molecular complexity index is 896. The lowest BCUT2D eigenvalue weighted by atomic mass is 10.2. The number of hydrogen-bond acceptors (Lipinski definition) is 4. The summed E-state index contributed by atoms with van der Waals surface area (Å²) in [6.07, 6.45) is 0. The molecule has 1 atom stereocenters. The Balaban J connectivity index is 1.80. The largest absolute Gasteiger partial charge is 0.494 e. The molecule has 0 spiro atoms. The third-order valence-corrected chi connectivity index (χ3v) is 5.20. The first-order chi connectivity index (χ1) is 11.5. The predicted octanol–water partition coefficient (Wildman–Crippen LogP) is 3.87. The van der Waals surface area contributed by atoms with E-state index in [9.17, 15) is 8.42 Å². The fourth-order valence-electron chi connectivity index (χ4n) is 2.46. The third kappa shape index (κ3) is 3.44. The van der Waals surface area contributed by atoms with Gasteiger partial charge in [-0.25, -0.2) is 13.1 Å². The summed E-state index contributed by atoms with van der Waals surface area (Å²) in [5.41, 5.74) is 0.736. The van der Waals surface area contributed by atoms with Crippen molar-refractivity contribution in [1.82, 2.24) is 4.72 Å². The highest BCUT2D eigenvalue weighted by Crippen LogP contribution is 2.25. The first-order valence-electron chi connectivity index (χ1n) is 7.73. The van der Waals surface area contributed by atoms with Gasteiger partial charge >= 0.3 is 0 Å². The smallest absolute Gasteiger partial charge is 0.241 e. The number of nitrogens with one attached hydrogen (secondary N) is 1. The van der Waals surface area contributed by atoms with Crippen molar-refractivity contribution in [1.29, 1.82) is 0 Å². The predicted molar refractivity (Wildman–Crippen MR) is 92.6 cm³/mol. The van der Waals surface area contributed by atoms with Crippen molar-refractivity contribution in [3.63, 3.8) is 0 Å². The number of furan rings is 1. The van der Waals surface area contributed by atoms with E-state index in [1.165, 1.54) is 12.1 Å². The molecule has 1 N–H and O–H groups in total. The quantitative estimate of drug-likeness (QED) is 0.736. The van der Waals surface area contributed by atoms with E-state index < -0.39 is 16.1 Å². The van der Waals surface area contributed by atoms with Gasteiger partial charge in [-0.05, 0) is 50.2 Å². The number of sulfonamides is 1. The Morgan fingerprint density at radius 2 is 1.83 bits per heavy atom. The monoisotopic (exact) mass is 345 g/mol. The van der Waals surface area contributed by atoms with Crippen molar-refractivity contribution in [2.75, 3.05) is 6.61 Å². The molecule has 126 valence electrons. The van der Waals surface area contributed by atoms with E-state index in [0.717, 1.165) is 11.0 Å². The Hall–Kier alpha value is -2.31. The number of benzene rings is 2. The molecule has 0 aliphatic carbocycles. The maximum Gasteiger partial charge on any atom is 0.241 e. The Morgan fingerprint density at radius 1 is 1.12 bits per heavy atom. The van der Waals surface area contributed by atoms with Crippen molar-refractivity contribution in [2.24, 2.45) is 0 Å². The van der Waals surface area contributed by atoms with E-state index in [0.29, 0.717) is 18.1 Å². The van der Waals surface area contributed by atoms with E-state index in [1.807, 2.05) is 37.3 Å². The minimum absolute atomic E-state index is 0.189. The van der Waals surface area contributed by atoms with E-state index in [1.54, 1.807) is 19.1 Å². The molecule has 3 aromatic rings. The van der Waals surface area contributed by atoms with Crippen LogP contribution in [0, 0.1) is 0 Å². The van der Waals surface area contributed by atoms with E-state index in [4.69, 9.17) is 9.15 Å². The lowest BCUT2D eigenvalue weighted by molar-refractivity contribution is 0.340. The Kier molecular flexibility index (Phi) is 4.59. The summed E-state index contributed by atoms with van der Waals surface area (Å²) in [6.45, 7) is 4.17. The zero-order chi connectivity index (χ0) is 17.2. The second-order valence-corrected chi connectivity index (χ2v) is 7.15. The van der Waals surface area contributed by atoms with Crippen molar-refractivity contribution in [3.05, 3.63) is 60.4 Å². The van der Waals surface area contributed by atoms with Crippen LogP contribution in [0.4, 0.5) is 0 Å². The Labute approximate surface area is 141 Å². The van der Waals surface area contributed by atoms with Gasteiger partial charge in [0.15, 0.2) is 0 Å². The molecule has 24 heavy (non-hydrogen) atoms. The second-order valence-electron chi connectivity index (χ2n) is 5.43. The third-order valence-electron chi connectivity index (χ3n) is 3.65. The maximum absolute atomic E-state index is 12.5. The zero-order valence-corrected chi connectivity index (χ0v) is 14.3. The maximum atomic E-state index is 12.5. The normalized spacial score (nSPS) is 13.1. The molecule has 0 saturated carbocycles. The number of fused-ring (bicyclic) bond motifs is 1. The van der Waals surface area contributed by atoms with Crippen LogP contribution in [0.2, 0.25) is 0 Å². The lowest BCUT2D eigenvalue weighted by Crippen LogP contribution is -2.26. The summed E-state index contributed by atoms with van der Waals surface area (Å²) in [6, 6.07) is 15.3. The molecule has 0 fully saturated rings. The molecule has 6 heteroatoms. The molecule has 0 bridgehead atoms. The fourth-order valence-corrected chi connectivity index (χ4v) is 3.67. The zero-order valence-electron chi connectivity index (χ0n) is 13.5. The highest BCUT2D eigenvalue weighted by molar-refractivity contribution is 7.89. The van der Waals surface area contributed by atoms with Gasteiger partial charge in [0.1, 0.15) is 17.1 Å². The van der Waals surface area contributed by atoms with E-state index in [-0.39, 0.29) is 4.90 Å². The topological polar surface area (TPSA) is 68.5 Å². The van der Waals surface area contributed by atoms with Gasteiger partial charge in [-0.1, -0.05) is 18.2 Å². The molecule has 2 aromatic carbocycles. The summed E-state index contributed by atoms with van der Waals surface area (Å²) in [7, 11) is -3.64. The fraction of sp³-hybridized carbons (Fsp3) is 0.222. The van der Waals surface area contributed by atoms with Crippen LogP contribution in [-0.2, 0) is 10.0 Å². The molecule has 3 rings (SSSR count). The van der Waals surface area contributed by atoms with Gasteiger partial charge in [-0.15, -0.1) is 0 Å². The summed E-state index contributed by atoms with van der Waals surface area (Å²) in [4.78, 5) is 0.189. The highest BCUT2D eigenvalue weighted by Gasteiger charge is 2.20. The molecule has 0 aliphatic rings. The summed E-state index contributed by atoms with van der Waals surface area (Å²) in [5, 5.41) is 0.944. The van der Waals surface area contributed by atoms with Crippen LogP contribution >= 0.6 is 0 Å². The lowest BCUT2D eigenvalue weighted by Gasteiger charge is -2.12. The number of para-hydroxylation sites is 1. The summed E-state index contributed by atoms with van der Waals surface area (Å²) < 4.78 is 38.7. The van der Waals surface area contributed by atoms with Crippen LogP contribution in [0.15, 0.2) is 63.9 Å². The number of hydrogen-bond donors (Lipinski definition) is 1. The van der Waals surface area contributed by atoms with Crippen LogP contribution < -0.4 is 9.46 Å². The molecule has 0 saturated heterocycles. The molecular formula is C18H19NO4S. The summed E-state index contributed by atoms with van der Waals surface area (Å²) >= 11 is 0. The first-order valence-corrected chi connectivity index (χ1v) is 9.21. The van der Waals surface area contributed by atoms with Gasteiger partial charge in [0, 0.05) is 5.39 Å². The average Bonchev–Trinajstić information content (AvgIpc) is 2.99. The van der Waals surface area contributed by atoms with Gasteiger partial charge < -0.3 is 9.15 Å². The molecule has 1 aromatic heterocycles. The van der Waals surface area contributed by atoms with Crippen LogP contribution in [0.25, 0.3) is 11.0 Å². The van der Waals surface area contributed by atoms with E-state index in [2.05, 4.69) is 4.72 Å². The Morgan fingerprint density at radius 3 is 2.50 bits per heavy atom. The van der Waals surface area contributed by atoms with Gasteiger partial charge in [0.25, 0.3) is 0 Å². The van der Waals surface area contributed by atoms with Gasteiger partial charge in [0.2, 0.25) is 10.0 Å². The molecule has 1 heterocycles. The van der Waals surface area contributed by atoms with Crippen LogP contribution in [0.1, 0.15) is 25.6 Å². The van der Waals surface area contributed by atoms with Crippen molar-refractivity contribution in [3.8, 4) is 5.75 Å². The second kappa shape index (κ2) is 6.67. The van der Waals surface area contributed by atoms with Gasteiger partial charge in [-0.2, -0.15) is 0 Å². The van der Waals surface area contributed by atoms with E-state index >= 15 is 0 Å². The van der Waals surface area contributed by atoms with Crippen LogP contribution in [0.3, 0.4) is 0 Å². The minimum Gasteiger partial charge on any atom is -0.494 e. The van der Waals surface area contributed by atoms with Crippen LogP contribution in [0.5, 0.6) is 5.75 Å². The van der Waals surface area contributed by atoms with Crippen LogP contribution in [-0.4, -0.2) is 15.0 Å². The molecular weight excluding hydrogens is 326 g/mol. The van der Waals surface area contributed by atoms with Crippen molar-refractivity contribution < 1.29 is 17.6 Å². The molecule has 0 amide bonds. The van der Waals surface area contributed by atoms with Gasteiger partial charge in [0.05, 0.1) is 17.5 Å². The minimum atomic E-state index is -3.64. The standard InChI is InChI=1S/C18H19NO4S/c1-3-22-15-8-10-16(11-9-15)24(20,21)19-13(2)18-12-14-6-4-5-7-17(14)23-18/h4-13,19H,3H2,1-2H3/t13-/m1/s1. The highest BCUT2D eigenvalue weighted by atomic mass is 32.2. The number of ether oxygens (including phenoxy) is 1. The average molecular weight is 345 g/mol. The SMILES string of the molecule is CCOc1ccc(S(=O)(=O)N[C@H](C)c2cc3ccccc3o2)cc1. The van der Waals surface area contributed by atoms with Crippen molar-refractivity contribution >= 4 is 21.0 Å².